The molecule has 0 fully saturated rings. The third-order valence-electron chi connectivity index (χ3n) is 13.0. The van der Waals surface area contributed by atoms with Gasteiger partial charge in [-0.05, 0) is 128 Å². The maximum atomic E-state index is 2.48. The lowest BCUT2D eigenvalue weighted by atomic mass is 9.68. The molecule has 8 aromatic rings. The van der Waals surface area contributed by atoms with Crippen molar-refractivity contribution in [2.24, 2.45) is 0 Å². The normalized spacial score (nSPS) is 16.1. The van der Waals surface area contributed by atoms with Crippen LogP contribution in [0.2, 0.25) is 0 Å². The summed E-state index contributed by atoms with van der Waals surface area (Å²) in [5.74, 6) is 0. The molecule has 0 N–H and O–H groups in total. The fraction of sp³-hybridized carbons (Fsp3) is 0.111. The molecule has 1 nitrogen and oxygen atoms in total. The molecule has 56 heavy (non-hydrogen) atoms. The van der Waals surface area contributed by atoms with E-state index in [0.717, 1.165) is 5.69 Å². The van der Waals surface area contributed by atoms with Gasteiger partial charge in [-0.1, -0.05) is 153 Å². The molecule has 0 spiro atoms. The van der Waals surface area contributed by atoms with Gasteiger partial charge in [-0.2, -0.15) is 10.0 Å². The summed E-state index contributed by atoms with van der Waals surface area (Å²) in [5, 5.41) is 0. The van der Waals surface area contributed by atoms with Crippen molar-refractivity contribution < 1.29 is 0 Å². The molecule has 0 radical (unpaired) electrons. The zero-order chi connectivity index (χ0) is 37.8. The molecule has 0 amide bonds. The maximum absolute atomic E-state index is 2.48. The van der Waals surface area contributed by atoms with E-state index in [4.69, 9.17) is 0 Å². The lowest BCUT2D eigenvalue weighted by molar-refractivity contribution is 0.660. The van der Waals surface area contributed by atoms with Crippen LogP contribution < -0.4 is 4.90 Å². The fourth-order valence-corrected chi connectivity index (χ4v) is 12.9. The van der Waals surface area contributed by atoms with E-state index in [1.165, 1.54) is 87.9 Å². The summed E-state index contributed by atoms with van der Waals surface area (Å²) < 4.78 is 0. The minimum atomic E-state index is -1.11. The van der Waals surface area contributed by atoms with E-state index in [9.17, 15) is 0 Å². The van der Waals surface area contributed by atoms with Crippen molar-refractivity contribution in [3.05, 3.63) is 221 Å². The number of rotatable bonds is 5. The van der Waals surface area contributed by atoms with Crippen LogP contribution in [-0.4, -0.2) is 12.5 Å². The number of anilines is 3. The van der Waals surface area contributed by atoms with Crippen molar-refractivity contribution in [1.29, 1.82) is 0 Å². The molecule has 1 aliphatic heterocycles. The second kappa shape index (κ2) is 12.0. The molecule has 11 rings (SSSR count). The van der Waals surface area contributed by atoms with Gasteiger partial charge in [0, 0.05) is 32.3 Å². The van der Waals surface area contributed by atoms with Crippen molar-refractivity contribution in [2.75, 3.05) is 17.4 Å². The van der Waals surface area contributed by atoms with Crippen LogP contribution >= 0.6 is 10.0 Å². The van der Waals surface area contributed by atoms with E-state index in [-0.39, 0.29) is 5.41 Å². The molecule has 2 heteroatoms. The Labute approximate surface area is 332 Å². The Hall–Kier alpha value is -6.09. The molecule has 0 aromatic heterocycles. The zero-order valence-electron chi connectivity index (χ0n) is 32.3. The van der Waals surface area contributed by atoms with Crippen LogP contribution in [0.15, 0.2) is 198 Å². The van der Waals surface area contributed by atoms with E-state index < -0.39 is 15.4 Å². The van der Waals surface area contributed by atoms with Crippen LogP contribution in [0.3, 0.4) is 0 Å². The van der Waals surface area contributed by atoms with Crippen molar-refractivity contribution in [2.45, 2.75) is 34.5 Å². The molecule has 3 aliphatic rings. The number of nitrogens with zero attached hydrogens (tertiary/aromatic N) is 1. The average molecular weight is 738 g/mol. The number of benzene rings is 8. The van der Waals surface area contributed by atoms with E-state index in [0.29, 0.717) is 0 Å². The molecular formula is C54H43NS. The van der Waals surface area contributed by atoms with Gasteiger partial charge in [-0.3, -0.25) is 0 Å². The Bertz CT molecular complexity index is 2820. The van der Waals surface area contributed by atoms with Gasteiger partial charge >= 0.3 is 0 Å². The first-order valence-corrected chi connectivity index (χ1v) is 22.1. The lowest BCUT2D eigenvalue weighted by Crippen LogP contribution is -2.28. The highest BCUT2D eigenvalue weighted by atomic mass is 32.3. The molecule has 2 aliphatic carbocycles. The largest absolute Gasteiger partial charge is 0.310 e. The molecule has 8 aromatic carbocycles. The first-order chi connectivity index (χ1) is 27.3. The van der Waals surface area contributed by atoms with Crippen molar-refractivity contribution in [3.8, 4) is 33.4 Å². The number of hydrogen-bond acceptors (Lipinski definition) is 1. The highest BCUT2D eigenvalue weighted by Gasteiger charge is 2.46. The van der Waals surface area contributed by atoms with Gasteiger partial charge in [0.05, 0.1) is 5.41 Å². The summed E-state index contributed by atoms with van der Waals surface area (Å²) in [6.07, 6.45) is 4.88. The Balaban J connectivity index is 1.12. The summed E-state index contributed by atoms with van der Waals surface area (Å²) >= 11 is 0. The van der Waals surface area contributed by atoms with Gasteiger partial charge in [-0.25, -0.2) is 0 Å². The van der Waals surface area contributed by atoms with Gasteiger partial charge in [0.2, 0.25) is 0 Å². The third-order valence-corrected chi connectivity index (χ3v) is 16.0. The zero-order valence-corrected chi connectivity index (χ0v) is 33.1. The quantitative estimate of drug-likeness (QED) is 0.170. The summed E-state index contributed by atoms with van der Waals surface area (Å²) in [4.78, 5) is 5.42. The molecule has 0 saturated carbocycles. The van der Waals surface area contributed by atoms with Crippen LogP contribution in [-0.2, 0) is 10.8 Å². The highest BCUT2D eigenvalue weighted by molar-refractivity contribution is 8.33. The van der Waals surface area contributed by atoms with E-state index in [1.807, 2.05) is 0 Å². The Morgan fingerprint density at radius 1 is 0.357 bits per heavy atom. The van der Waals surface area contributed by atoms with E-state index >= 15 is 0 Å². The van der Waals surface area contributed by atoms with Gasteiger partial charge in [0.25, 0.3) is 0 Å². The molecule has 0 saturated heterocycles. The second-order valence-electron chi connectivity index (χ2n) is 16.5. The van der Waals surface area contributed by atoms with Crippen molar-refractivity contribution in [1.82, 2.24) is 0 Å². The topological polar surface area (TPSA) is 3.24 Å². The molecule has 0 unspecified atom stereocenters. The van der Waals surface area contributed by atoms with E-state index in [2.05, 4.69) is 219 Å². The Morgan fingerprint density at radius 2 is 0.821 bits per heavy atom. The van der Waals surface area contributed by atoms with Crippen LogP contribution in [0.25, 0.3) is 33.4 Å². The summed E-state index contributed by atoms with van der Waals surface area (Å²) in [5.41, 5.74) is 18.9. The second-order valence-corrected chi connectivity index (χ2v) is 20.0. The first-order valence-electron chi connectivity index (χ1n) is 19.7. The van der Waals surface area contributed by atoms with Crippen LogP contribution in [0.5, 0.6) is 0 Å². The van der Waals surface area contributed by atoms with Crippen molar-refractivity contribution >= 4 is 27.1 Å². The molecule has 0 bridgehead atoms. The van der Waals surface area contributed by atoms with Crippen LogP contribution in [0.4, 0.5) is 17.1 Å². The summed E-state index contributed by atoms with van der Waals surface area (Å²) in [6, 6.07) is 70.9. The highest BCUT2D eigenvalue weighted by Crippen LogP contribution is 2.67. The monoisotopic (exact) mass is 737 g/mol. The lowest BCUT2D eigenvalue weighted by Gasteiger charge is -2.34. The van der Waals surface area contributed by atoms with Crippen LogP contribution in [0, 0.1) is 0 Å². The molecule has 1 heterocycles. The smallest absolute Gasteiger partial charge is 0.0713 e. The van der Waals surface area contributed by atoms with E-state index in [1.54, 1.807) is 0 Å². The first kappa shape index (κ1) is 33.3. The summed E-state index contributed by atoms with van der Waals surface area (Å²) in [6.45, 7) is 4.75. The van der Waals surface area contributed by atoms with Gasteiger partial charge < -0.3 is 4.90 Å². The van der Waals surface area contributed by atoms with Gasteiger partial charge in [0.15, 0.2) is 0 Å². The Kier molecular flexibility index (Phi) is 7.10. The minimum Gasteiger partial charge on any atom is -0.310 e. The molecule has 0 atom stereocenters. The number of hydrogen-bond donors (Lipinski definition) is 0. The SMILES string of the molecule is CC1(C)c2ccccc2-c2ccc(N(c3ccc(C4(c5ccccc5)c5ccccc5-c5ccccc54)cc3)c3ccc4c(c3)-c3ccccc3S4(C)C)cc21. The third kappa shape index (κ3) is 4.45. The standard InChI is InChI=1S/C54H43NS/c1-53(2)47-22-12-8-18-41(47)44-32-30-40(35-50(44)53)55(39-31-33-52-46(34-39)45-21-11-15-25-51(45)56(52,3)4)38-28-26-37(27-29-38)54(36-16-6-5-7-17-36)48-23-13-9-19-42(48)43-20-10-14-24-49(43)54/h5-35H,1-4H3. The number of fused-ring (bicyclic) bond motifs is 9. The Morgan fingerprint density at radius 3 is 1.50 bits per heavy atom. The fourth-order valence-electron chi connectivity index (χ4n) is 10.4. The minimum absolute atomic E-state index is 0.104. The maximum Gasteiger partial charge on any atom is 0.0713 e. The van der Waals surface area contributed by atoms with Crippen molar-refractivity contribution in [3.63, 3.8) is 0 Å². The van der Waals surface area contributed by atoms with Gasteiger partial charge in [-0.15, -0.1) is 0 Å². The van der Waals surface area contributed by atoms with Gasteiger partial charge in [0.1, 0.15) is 0 Å². The predicted octanol–water partition coefficient (Wildman–Crippen LogP) is 14.3. The summed E-state index contributed by atoms with van der Waals surface area (Å²) in [7, 11) is -1.11. The predicted molar refractivity (Wildman–Crippen MR) is 237 cm³/mol. The van der Waals surface area contributed by atoms with Crippen LogP contribution in [0.1, 0.15) is 47.2 Å². The molecule has 270 valence electrons. The average Bonchev–Trinajstić information content (AvgIpc) is 3.76. The molecular weight excluding hydrogens is 695 g/mol.